The van der Waals surface area contributed by atoms with E-state index in [1.807, 2.05) is 55.6 Å². The second kappa shape index (κ2) is 16.6. The lowest BCUT2D eigenvalue weighted by atomic mass is 9.93. The van der Waals surface area contributed by atoms with Crippen LogP contribution in [0.2, 0.25) is 0 Å². The van der Waals surface area contributed by atoms with Crippen molar-refractivity contribution in [2.45, 2.75) is 27.7 Å². The van der Waals surface area contributed by atoms with Gasteiger partial charge in [-0.1, -0.05) is 58.0 Å². The van der Waals surface area contributed by atoms with Crippen molar-refractivity contribution >= 4 is 23.4 Å². The van der Waals surface area contributed by atoms with E-state index in [1.54, 1.807) is 36.4 Å². The molecule has 1 amide bonds. The summed E-state index contributed by atoms with van der Waals surface area (Å²) in [6.07, 6.45) is 4.74. The van der Waals surface area contributed by atoms with Crippen molar-refractivity contribution < 1.29 is 19.0 Å². The van der Waals surface area contributed by atoms with Gasteiger partial charge in [0.25, 0.3) is 0 Å². The summed E-state index contributed by atoms with van der Waals surface area (Å²) >= 11 is 0. The second-order valence-electron chi connectivity index (χ2n) is 12.9. The first kappa shape index (κ1) is 35.0. The van der Waals surface area contributed by atoms with Gasteiger partial charge < -0.3 is 35.5 Å². The van der Waals surface area contributed by atoms with E-state index in [-0.39, 0.29) is 16.7 Å². The van der Waals surface area contributed by atoms with Gasteiger partial charge in [-0.2, -0.15) is 0 Å². The molecule has 4 N–H and O–H groups in total. The molecule has 248 valence electrons. The minimum atomic E-state index is -0.271. The lowest BCUT2D eigenvalue weighted by Crippen LogP contribution is -2.37. The molecule has 2 aromatic carbocycles. The molecule has 0 saturated heterocycles. The highest BCUT2D eigenvalue weighted by molar-refractivity contribution is 5.98. The van der Waals surface area contributed by atoms with Crippen molar-refractivity contribution in [1.82, 2.24) is 19.9 Å². The number of likely N-dealkylation sites (N-methyl/N-ethyl adjacent to an activating group) is 1. The molecule has 11 heteroatoms. The molecule has 0 fully saturated rings. The molecule has 2 heterocycles. The van der Waals surface area contributed by atoms with E-state index in [4.69, 9.17) is 19.9 Å². The summed E-state index contributed by atoms with van der Waals surface area (Å²) in [5.41, 5.74) is 5.72. The van der Waals surface area contributed by atoms with Gasteiger partial charge in [-0.3, -0.25) is 4.79 Å². The van der Waals surface area contributed by atoms with Crippen LogP contribution in [0.5, 0.6) is 23.1 Å². The normalized spacial score (nSPS) is 11.9. The molecule has 4 aromatic rings. The molecular weight excluding hydrogens is 594 g/mol. The first-order valence-corrected chi connectivity index (χ1v) is 15.5. The molecule has 0 radical (unpaired) electrons. The summed E-state index contributed by atoms with van der Waals surface area (Å²) in [7, 11) is 2.02. The largest absolute Gasteiger partial charge is 0.457 e. The lowest BCUT2D eigenvalue weighted by Gasteiger charge is -2.31. The number of rotatable bonds is 17. The zero-order valence-corrected chi connectivity index (χ0v) is 27.8. The average Bonchev–Trinajstić information content (AvgIpc) is 3.02. The number of nitrogens with one attached hydrogen (secondary N) is 2. The molecular formula is C36H45N7O4. The zero-order chi connectivity index (χ0) is 33.7. The number of carbonyl (C=O) groups is 1. The van der Waals surface area contributed by atoms with Crippen molar-refractivity contribution in [2.24, 2.45) is 16.6 Å². The third-order valence-corrected chi connectivity index (χ3v) is 6.85. The van der Waals surface area contributed by atoms with Crippen LogP contribution in [0.25, 0.3) is 0 Å². The Morgan fingerprint density at radius 2 is 1.49 bits per heavy atom. The molecule has 0 unspecified atom stereocenters. The zero-order valence-electron chi connectivity index (χ0n) is 27.8. The highest BCUT2D eigenvalue weighted by Crippen LogP contribution is 2.27. The Hall–Kier alpha value is -4.84. The topological polar surface area (TPSA) is 137 Å². The maximum absolute atomic E-state index is 12.6. The Bertz CT molecular complexity index is 1590. The second-order valence-corrected chi connectivity index (χ2v) is 12.9. The van der Waals surface area contributed by atoms with Gasteiger partial charge in [0, 0.05) is 36.1 Å². The first-order chi connectivity index (χ1) is 22.5. The van der Waals surface area contributed by atoms with Gasteiger partial charge in [0.15, 0.2) is 0 Å². The summed E-state index contributed by atoms with van der Waals surface area (Å²) in [4.78, 5) is 27.7. The summed E-state index contributed by atoms with van der Waals surface area (Å²) < 4.78 is 17.7. The molecule has 0 spiro atoms. The number of carbonyl (C=O) groups excluding carboxylic acids is 1. The van der Waals surface area contributed by atoms with Crippen molar-refractivity contribution in [3.05, 3.63) is 97.3 Å². The smallest absolute Gasteiger partial charge is 0.249 e. The molecule has 0 aliphatic rings. The van der Waals surface area contributed by atoms with E-state index in [2.05, 4.69) is 58.2 Å². The number of aromatic nitrogens is 3. The lowest BCUT2D eigenvalue weighted by molar-refractivity contribution is -0.111. The van der Waals surface area contributed by atoms with Gasteiger partial charge in [-0.05, 0) is 62.1 Å². The number of nitrogens with zero attached hydrogens (tertiary/aromatic N) is 4. The summed E-state index contributed by atoms with van der Waals surface area (Å²) in [5.74, 6) is 3.51. The Labute approximate surface area is 277 Å². The monoisotopic (exact) mass is 639 g/mol. The molecule has 0 bridgehead atoms. The number of benzene rings is 2. The number of pyridine rings is 1. The van der Waals surface area contributed by atoms with Gasteiger partial charge >= 0.3 is 0 Å². The number of para-hydroxylation sites is 1. The summed E-state index contributed by atoms with van der Waals surface area (Å²) in [6.45, 7) is 11.8. The van der Waals surface area contributed by atoms with E-state index in [0.717, 1.165) is 12.3 Å². The van der Waals surface area contributed by atoms with Crippen LogP contribution in [-0.2, 0) is 9.53 Å². The summed E-state index contributed by atoms with van der Waals surface area (Å²) in [6, 6.07) is 23.8. The molecule has 0 atom stereocenters. The highest BCUT2D eigenvalue weighted by atomic mass is 16.5. The minimum Gasteiger partial charge on any atom is -0.457 e. The van der Waals surface area contributed by atoms with Crippen LogP contribution in [0.15, 0.2) is 97.3 Å². The maximum Gasteiger partial charge on any atom is 0.249 e. The fourth-order valence-electron chi connectivity index (χ4n) is 4.50. The van der Waals surface area contributed by atoms with Crippen LogP contribution in [0.4, 0.5) is 17.5 Å². The SMILES string of the molecule is CN(C/C=C/C(=O)Nc1cccc(Nc2cc(Oc3ccc(Oc4ccccc4)cc3)ncn2)n1)CC(C)(C)COCC(C)(C)CN. The van der Waals surface area contributed by atoms with Crippen molar-refractivity contribution in [1.29, 1.82) is 0 Å². The number of amides is 1. The number of nitrogens with two attached hydrogens (primary N) is 1. The van der Waals surface area contributed by atoms with E-state index >= 15 is 0 Å². The maximum atomic E-state index is 12.6. The summed E-state index contributed by atoms with van der Waals surface area (Å²) in [5, 5.41) is 5.94. The third-order valence-electron chi connectivity index (χ3n) is 6.85. The fourth-order valence-corrected chi connectivity index (χ4v) is 4.50. The Balaban J connectivity index is 1.24. The van der Waals surface area contributed by atoms with Gasteiger partial charge in [0.05, 0.1) is 13.2 Å². The quantitative estimate of drug-likeness (QED) is 0.108. The van der Waals surface area contributed by atoms with Gasteiger partial charge in [-0.25, -0.2) is 15.0 Å². The molecule has 0 aliphatic carbocycles. The Morgan fingerprint density at radius 3 is 2.21 bits per heavy atom. The van der Waals surface area contributed by atoms with Crippen molar-refractivity contribution in [3.63, 3.8) is 0 Å². The molecule has 11 nitrogen and oxygen atoms in total. The number of anilines is 3. The molecule has 0 saturated carbocycles. The van der Waals surface area contributed by atoms with Crippen LogP contribution in [0, 0.1) is 10.8 Å². The predicted octanol–water partition coefficient (Wildman–Crippen LogP) is 6.65. The van der Waals surface area contributed by atoms with Crippen molar-refractivity contribution in [2.75, 3.05) is 50.5 Å². The molecule has 4 rings (SSSR count). The predicted molar refractivity (Wildman–Crippen MR) is 185 cm³/mol. The fraction of sp³-hybridized carbons (Fsp3) is 0.333. The standard InChI is InChI=1S/C36H45N7O4/c1-35(2,22-37)24-45-25-36(3,4)23-43(5)20-10-15-33(44)42-31-14-9-13-30(40-31)41-32-21-34(39-26-38-32)47-29-18-16-28(17-19-29)46-27-11-7-6-8-12-27/h6-19,21,26H,20,22-25,37H2,1-5H3,(H2,38,39,40,41,42,44)/b15-10+. The Kier molecular flexibility index (Phi) is 12.4. The highest BCUT2D eigenvalue weighted by Gasteiger charge is 2.23. The van der Waals surface area contributed by atoms with E-state index in [1.165, 1.54) is 12.4 Å². The number of hydrogen-bond donors (Lipinski definition) is 3. The van der Waals surface area contributed by atoms with E-state index in [0.29, 0.717) is 61.1 Å². The van der Waals surface area contributed by atoms with Gasteiger partial charge in [0.2, 0.25) is 11.8 Å². The average molecular weight is 640 g/mol. The van der Waals surface area contributed by atoms with Crippen LogP contribution in [0.3, 0.4) is 0 Å². The van der Waals surface area contributed by atoms with Crippen molar-refractivity contribution in [3.8, 4) is 23.1 Å². The minimum absolute atomic E-state index is 0.0368. The van der Waals surface area contributed by atoms with Crippen LogP contribution < -0.4 is 25.8 Å². The number of hydrogen-bond acceptors (Lipinski definition) is 10. The third kappa shape index (κ3) is 12.5. The van der Waals surface area contributed by atoms with Crippen LogP contribution in [0.1, 0.15) is 27.7 Å². The first-order valence-electron chi connectivity index (χ1n) is 15.5. The van der Waals surface area contributed by atoms with Gasteiger partial charge in [-0.15, -0.1) is 0 Å². The molecule has 0 aliphatic heterocycles. The molecule has 2 aromatic heterocycles. The van der Waals surface area contributed by atoms with E-state index < -0.39 is 0 Å². The van der Waals surface area contributed by atoms with E-state index in [9.17, 15) is 4.79 Å². The Morgan fingerprint density at radius 1 is 0.830 bits per heavy atom. The van der Waals surface area contributed by atoms with Gasteiger partial charge in [0.1, 0.15) is 41.0 Å². The molecule has 47 heavy (non-hydrogen) atoms. The van der Waals surface area contributed by atoms with Crippen LogP contribution >= 0.6 is 0 Å². The number of ether oxygens (including phenoxy) is 3. The van der Waals surface area contributed by atoms with Crippen LogP contribution in [-0.4, -0.2) is 65.7 Å².